The highest BCUT2D eigenvalue weighted by Crippen LogP contribution is 2.28. The molecule has 0 aliphatic rings. The first-order chi connectivity index (χ1) is 9.13. The Kier molecular flexibility index (Phi) is 4.71. The van der Waals surface area contributed by atoms with Gasteiger partial charge in [-0.2, -0.15) is 0 Å². The fourth-order valence-corrected chi connectivity index (χ4v) is 2.23. The van der Waals surface area contributed by atoms with Crippen LogP contribution in [0.1, 0.15) is 17.4 Å². The Balaban J connectivity index is 2.25. The summed E-state index contributed by atoms with van der Waals surface area (Å²) in [6.07, 6.45) is 0.573. The molecule has 0 spiro atoms. The normalized spacial score (nSPS) is 12.4. The first-order valence-electron chi connectivity index (χ1n) is 5.68. The third-order valence-electron chi connectivity index (χ3n) is 2.81. The van der Waals surface area contributed by atoms with E-state index in [1.165, 1.54) is 0 Å². The van der Waals surface area contributed by atoms with Crippen LogP contribution in [0.5, 0.6) is 5.75 Å². The van der Waals surface area contributed by atoms with Crippen LogP contribution in [0.4, 0.5) is 0 Å². The van der Waals surface area contributed by atoms with Gasteiger partial charge in [0.15, 0.2) is 5.22 Å². The van der Waals surface area contributed by atoms with Crippen molar-refractivity contribution in [2.75, 3.05) is 7.11 Å². The highest BCUT2D eigenvalue weighted by molar-refractivity contribution is 6.30. The third kappa shape index (κ3) is 3.42. The van der Waals surface area contributed by atoms with Crippen LogP contribution in [0.15, 0.2) is 34.7 Å². The summed E-state index contributed by atoms with van der Waals surface area (Å²) in [7, 11) is 1.61. The van der Waals surface area contributed by atoms with Gasteiger partial charge in [0.2, 0.25) is 0 Å². The Hall–Kier alpha value is -1.20. The summed E-state index contributed by atoms with van der Waals surface area (Å²) in [5.41, 5.74) is 3.64. The standard InChI is InChI=1S/C13H14Cl2N2O2/c1-18-11-3-2-9(14)6-8(11)7-10(17-16)12-4-5-13(15)19-12/h2-6,10,17H,7,16H2,1H3. The number of hydrazine groups is 1. The van der Waals surface area contributed by atoms with Crippen molar-refractivity contribution in [3.05, 3.63) is 51.9 Å². The molecule has 0 fully saturated rings. The summed E-state index contributed by atoms with van der Waals surface area (Å²) in [4.78, 5) is 0. The molecule has 0 radical (unpaired) electrons. The Morgan fingerprint density at radius 2 is 2.11 bits per heavy atom. The third-order valence-corrected chi connectivity index (χ3v) is 3.24. The minimum atomic E-state index is -0.208. The number of benzene rings is 1. The lowest BCUT2D eigenvalue weighted by Crippen LogP contribution is -2.29. The highest BCUT2D eigenvalue weighted by Gasteiger charge is 2.17. The number of rotatable bonds is 5. The van der Waals surface area contributed by atoms with Gasteiger partial charge in [-0.1, -0.05) is 11.6 Å². The lowest BCUT2D eigenvalue weighted by Gasteiger charge is -2.15. The maximum Gasteiger partial charge on any atom is 0.193 e. The van der Waals surface area contributed by atoms with E-state index < -0.39 is 0 Å². The van der Waals surface area contributed by atoms with Gasteiger partial charge in [0.05, 0.1) is 13.2 Å². The number of nitrogens with one attached hydrogen (secondary N) is 1. The van der Waals surface area contributed by atoms with E-state index in [0.717, 1.165) is 11.3 Å². The van der Waals surface area contributed by atoms with Crippen molar-refractivity contribution in [3.8, 4) is 5.75 Å². The topological polar surface area (TPSA) is 60.4 Å². The van der Waals surface area contributed by atoms with E-state index in [1.54, 1.807) is 25.3 Å². The summed E-state index contributed by atoms with van der Waals surface area (Å²) in [6, 6.07) is 8.69. The van der Waals surface area contributed by atoms with Crippen molar-refractivity contribution in [1.82, 2.24) is 5.43 Å². The maximum absolute atomic E-state index is 6.00. The average Bonchev–Trinajstić information content (AvgIpc) is 2.82. The van der Waals surface area contributed by atoms with Gasteiger partial charge in [-0.3, -0.25) is 5.84 Å². The number of furan rings is 1. The molecule has 1 aromatic heterocycles. The second-order valence-corrected chi connectivity index (χ2v) is 4.83. The van der Waals surface area contributed by atoms with Crippen LogP contribution in [0, 0.1) is 0 Å². The second-order valence-electron chi connectivity index (χ2n) is 4.02. The van der Waals surface area contributed by atoms with Gasteiger partial charge in [-0.25, -0.2) is 5.43 Å². The molecule has 0 amide bonds. The van der Waals surface area contributed by atoms with Crippen molar-refractivity contribution in [2.45, 2.75) is 12.5 Å². The number of methoxy groups -OCH3 is 1. The fourth-order valence-electron chi connectivity index (χ4n) is 1.88. The van der Waals surface area contributed by atoms with Crippen molar-refractivity contribution >= 4 is 23.2 Å². The molecule has 4 nitrogen and oxygen atoms in total. The second kappa shape index (κ2) is 6.30. The molecular formula is C13H14Cl2N2O2. The van der Waals surface area contributed by atoms with E-state index in [-0.39, 0.29) is 6.04 Å². The summed E-state index contributed by atoms with van der Waals surface area (Å²) in [5, 5.41) is 0.970. The van der Waals surface area contributed by atoms with Crippen LogP contribution < -0.4 is 16.0 Å². The molecule has 19 heavy (non-hydrogen) atoms. The molecule has 0 saturated carbocycles. The quantitative estimate of drug-likeness (QED) is 0.657. The first kappa shape index (κ1) is 14.2. The zero-order valence-corrected chi connectivity index (χ0v) is 11.8. The van der Waals surface area contributed by atoms with E-state index in [2.05, 4.69) is 5.43 Å². The largest absolute Gasteiger partial charge is 0.496 e. The minimum Gasteiger partial charge on any atom is -0.496 e. The van der Waals surface area contributed by atoms with Gasteiger partial charge in [0.1, 0.15) is 11.5 Å². The minimum absolute atomic E-state index is 0.208. The molecule has 1 aromatic carbocycles. The summed E-state index contributed by atoms with van der Waals surface area (Å²) in [5.74, 6) is 6.98. The lowest BCUT2D eigenvalue weighted by atomic mass is 10.0. The Morgan fingerprint density at radius 3 is 2.68 bits per heavy atom. The summed E-state index contributed by atoms with van der Waals surface area (Å²) >= 11 is 11.8. The monoisotopic (exact) mass is 300 g/mol. The molecule has 0 aliphatic carbocycles. The first-order valence-corrected chi connectivity index (χ1v) is 6.43. The molecule has 2 aromatic rings. The van der Waals surface area contributed by atoms with Crippen LogP contribution in [0.25, 0.3) is 0 Å². The number of hydrogen-bond acceptors (Lipinski definition) is 4. The number of hydrogen-bond donors (Lipinski definition) is 2. The zero-order chi connectivity index (χ0) is 13.8. The van der Waals surface area contributed by atoms with Crippen molar-refractivity contribution in [2.24, 2.45) is 5.84 Å². The van der Waals surface area contributed by atoms with Crippen molar-refractivity contribution in [1.29, 1.82) is 0 Å². The Bertz CT molecular complexity index is 557. The molecule has 6 heteroatoms. The molecule has 1 unspecified atom stereocenters. The maximum atomic E-state index is 6.00. The number of nitrogens with two attached hydrogens (primary N) is 1. The van der Waals surface area contributed by atoms with Gasteiger partial charge in [0.25, 0.3) is 0 Å². The molecule has 3 N–H and O–H groups in total. The Morgan fingerprint density at radius 1 is 1.32 bits per heavy atom. The van der Waals surface area contributed by atoms with Crippen LogP contribution >= 0.6 is 23.2 Å². The predicted molar refractivity (Wildman–Crippen MR) is 75.5 cm³/mol. The van der Waals surface area contributed by atoms with Crippen LogP contribution in [0.3, 0.4) is 0 Å². The summed E-state index contributed by atoms with van der Waals surface area (Å²) < 4.78 is 10.7. The van der Waals surface area contributed by atoms with Gasteiger partial charge in [-0.05, 0) is 53.9 Å². The molecule has 1 atom stereocenters. The van der Waals surface area contributed by atoms with Gasteiger partial charge in [0, 0.05) is 5.02 Å². The molecule has 102 valence electrons. The molecule has 0 bridgehead atoms. The predicted octanol–water partition coefficient (Wildman–Crippen LogP) is 3.34. The van der Waals surface area contributed by atoms with Gasteiger partial charge >= 0.3 is 0 Å². The average molecular weight is 301 g/mol. The lowest BCUT2D eigenvalue weighted by molar-refractivity contribution is 0.392. The van der Waals surface area contributed by atoms with Crippen LogP contribution in [0.2, 0.25) is 10.2 Å². The van der Waals surface area contributed by atoms with Crippen molar-refractivity contribution < 1.29 is 9.15 Å². The molecule has 0 saturated heterocycles. The fraction of sp³-hybridized carbons (Fsp3) is 0.231. The number of ether oxygens (including phenoxy) is 1. The van der Waals surface area contributed by atoms with Crippen molar-refractivity contribution in [3.63, 3.8) is 0 Å². The zero-order valence-electron chi connectivity index (χ0n) is 10.3. The van der Waals surface area contributed by atoms with E-state index in [4.69, 9.17) is 38.2 Å². The SMILES string of the molecule is COc1ccc(Cl)cc1CC(NN)c1ccc(Cl)o1. The van der Waals surface area contributed by atoms with E-state index in [9.17, 15) is 0 Å². The smallest absolute Gasteiger partial charge is 0.193 e. The summed E-state index contributed by atoms with van der Waals surface area (Å²) in [6.45, 7) is 0. The van der Waals surface area contributed by atoms with Gasteiger partial charge in [-0.15, -0.1) is 0 Å². The van der Waals surface area contributed by atoms with Crippen LogP contribution in [-0.2, 0) is 6.42 Å². The Labute approximate surface area is 121 Å². The van der Waals surface area contributed by atoms with Gasteiger partial charge < -0.3 is 9.15 Å². The molecular weight excluding hydrogens is 287 g/mol. The van der Waals surface area contributed by atoms with Crippen LogP contribution in [-0.4, -0.2) is 7.11 Å². The molecule has 1 heterocycles. The molecule has 0 aliphatic heterocycles. The van der Waals surface area contributed by atoms with E-state index in [0.29, 0.717) is 22.4 Å². The van der Waals surface area contributed by atoms with E-state index in [1.807, 2.05) is 12.1 Å². The number of halogens is 2. The molecule has 2 rings (SSSR count). The van der Waals surface area contributed by atoms with E-state index >= 15 is 0 Å². The highest BCUT2D eigenvalue weighted by atomic mass is 35.5.